The average Bonchev–Trinajstić information content (AvgIpc) is 3.21. The molecule has 0 amide bonds. The minimum absolute atomic E-state index is 0.115. The van der Waals surface area contributed by atoms with E-state index in [1.165, 1.54) is 23.6 Å². The van der Waals surface area contributed by atoms with E-state index in [1.807, 2.05) is 24.4 Å². The number of hydrogen-bond acceptors (Lipinski definition) is 7. The Morgan fingerprint density at radius 3 is 2.74 bits per heavy atom. The summed E-state index contributed by atoms with van der Waals surface area (Å²) in [6.45, 7) is 2.15. The molecule has 3 aromatic rings. The van der Waals surface area contributed by atoms with Crippen molar-refractivity contribution in [1.29, 1.82) is 0 Å². The molecule has 0 aliphatic heterocycles. The van der Waals surface area contributed by atoms with Crippen LogP contribution < -0.4 is 10.3 Å². The highest BCUT2D eigenvalue weighted by Gasteiger charge is 2.18. The molecule has 3 rings (SSSR count). The van der Waals surface area contributed by atoms with Crippen molar-refractivity contribution < 1.29 is 13.9 Å². The van der Waals surface area contributed by atoms with E-state index < -0.39 is 11.8 Å². The van der Waals surface area contributed by atoms with E-state index in [9.17, 15) is 9.18 Å². The molecule has 0 radical (unpaired) electrons. The van der Waals surface area contributed by atoms with Crippen molar-refractivity contribution in [3.05, 3.63) is 63.7 Å². The van der Waals surface area contributed by atoms with Crippen LogP contribution in [0.25, 0.3) is 11.3 Å². The molecule has 1 N–H and O–H groups in total. The molecule has 31 heavy (non-hydrogen) atoms. The van der Waals surface area contributed by atoms with E-state index in [4.69, 9.17) is 16.3 Å². The zero-order chi connectivity index (χ0) is 22.4. The third-order valence-corrected chi connectivity index (χ3v) is 5.26. The molecule has 0 bridgehead atoms. The molecule has 0 aliphatic rings. The summed E-state index contributed by atoms with van der Waals surface area (Å²) >= 11 is 7.32. The summed E-state index contributed by atoms with van der Waals surface area (Å²) in [6.07, 6.45) is 2.15. The molecule has 0 spiro atoms. The van der Waals surface area contributed by atoms with Crippen LogP contribution in [0.5, 0.6) is 0 Å². The van der Waals surface area contributed by atoms with Gasteiger partial charge in [-0.15, -0.1) is 11.3 Å². The van der Waals surface area contributed by atoms with E-state index in [1.54, 1.807) is 31.1 Å². The van der Waals surface area contributed by atoms with Crippen LogP contribution in [0.1, 0.15) is 29.3 Å². The van der Waals surface area contributed by atoms with Gasteiger partial charge in [0, 0.05) is 41.3 Å². The number of nitrogens with zero attached hydrogens (tertiary/aromatic N) is 3. The Labute approximate surface area is 189 Å². The number of nitrogens with one attached hydrogen (secondary N) is 1. The summed E-state index contributed by atoms with van der Waals surface area (Å²) in [4.78, 5) is 18.7. The maximum Gasteiger partial charge on any atom is 0.338 e. The van der Waals surface area contributed by atoms with Crippen molar-refractivity contribution in [1.82, 2.24) is 4.98 Å². The molecular formula is C22H22ClFN4O2S. The Morgan fingerprint density at radius 1 is 1.32 bits per heavy atom. The van der Waals surface area contributed by atoms with Crippen LogP contribution in [0, 0.1) is 5.82 Å². The number of anilines is 2. The number of halogens is 2. The largest absolute Gasteiger partial charge is 0.462 e. The monoisotopic (exact) mass is 460 g/mol. The highest BCUT2D eigenvalue weighted by molar-refractivity contribution is 7.14. The summed E-state index contributed by atoms with van der Waals surface area (Å²) in [5, 5.41) is 7.36. The maximum atomic E-state index is 14.1. The van der Waals surface area contributed by atoms with Gasteiger partial charge < -0.3 is 9.64 Å². The topological polar surface area (TPSA) is 66.8 Å². The smallest absolute Gasteiger partial charge is 0.338 e. The fourth-order valence-corrected chi connectivity index (χ4v) is 3.58. The molecule has 1 aromatic heterocycles. The summed E-state index contributed by atoms with van der Waals surface area (Å²) in [5.41, 5.74) is 5.68. The van der Waals surface area contributed by atoms with E-state index in [0.29, 0.717) is 27.8 Å². The fraction of sp³-hybridized carbons (Fsp3) is 0.227. The molecule has 0 atom stereocenters. The molecule has 9 heteroatoms. The van der Waals surface area contributed by atoms with Crippen LogP contribution in [0.15, 0.2) is 46.9 Å². The van der Waals surface area contributed by atoms with E-state index >= 15 is 0 Å². The first kappa shape index (κ1) is 22.7. The molecule has 1 heterocycles. The second-order valence-electron chi connectivity index (χ2n) is 6.83. The summed E-state index contributed by atoms with van der Waals surface area (Å²) < 4.78 is 19.3. The van der Waals surface area contributed by atoms with E-state index in [0.717, 1.165) is 17.3 Å². The number of aromatic nitrogens is 1. The molecular weight excluding hydrogens is 439 g/mol. The van der Waals surface area contributed by atoms with Crippen molar-refractivity contribution in [2.75, 3.05) is 31.0 Å². The predicted octanol–water partition coefficient (Wildman–Crippen LogP) is 5.68. The van der Waals surface area contributed by atoms with Crippen molar-refractivity contribution in [3.63, 3.8) is 0 Å². The lowest BCUT2D eigenvalue weighted by Gasteiger charge is -2.18. The highest BCUT2D eigenvalue weighted by atomic mass is 35.5. The first-order chi connectivity index (χ1) is 14.9. The number of carbonyl (C=O) groups is 1. The molecule has 2 aromatic carbocycles. The summed E-state index contributed by atoms with van der Waals surface area (Å²) in [7, 11) is 3.53. The summed E-state index contributed by atoms with van der Waals surface area (Å²) in [6, 6.07) is 9.89. The number of ether oxygens (including phenoxy) is 1. The van der Waals surface area contributed by atoms with Gasteiger partial charge in [0.25, 0.3) is 0 Å². The van der Waals surface area contributed by atoms with Crippen LogP contribution in [0.2, 0.25) is 5.02 Å². The van der Waals surface area contributed by atoms with Crippen molar-refractivity contribution in [2.24, 2.45) is 5.10 Å². The normalized spacial score (nSPS) is 11.0. The molecule has 0 saturated heterocycles. The van der Waals surface area contributed by atoms with Crippen LogP contribution in [0.3, 0.4) is 0 Å². The Hall–Kier alpha value is -2.97. The Bertz CT molecular complexity index is 1080. The number of esters is 1. The van der Waals surface area contributed by atoms with Crippen molar-refractivity contribution in [3.8, 4) is 11.3 Å². The van der Waals surface area contributed by atoms with Gasteiger partial charge in [-0.25, -0.2) is 14.2 Å². The van der Waals surface area contributed by atoms with Crippen LogP contribution in [0.4, 0.5) is 15.2 Å². The number of carbonyl (C=O) groups excluding carboxylic acids is 1. The number of hydrogen-bond donors (Lipinski definition) is 1. The molecule has 0 fully saturated rings. The lowest BCUT2D eigenvalue weighted by Crippen LogP contribution is -2.17. The van der Waals surface area contributed by atoms with Gasteiger partial charge in [0.15, 0.2) is 0 Å². The quantitative estimate of drug-likeness (QED) is 0.266. The standard InChI is InChI=1S/C22H22ClFN4O2S/c1-4-9-30-21(29)17-10-16(24)11-20(28(2)3)18(17)12-25-27-22-26-19(13-31-22)14-5-7-15(23)8-6-14/h5-8,10-13H,4,9H2,1-3H3,(H,26,27)/b25-12+. The zero-order valence-electron chi connectivity index (χ0n) is 17.4. The van der Waals surface area contributed by atoms with Gasteiger partial charge in [-0.05, 0) is 30.7 Å². The Balaban J connectivity index is 1.84. The minimum Gasteiger partial charge on any atom is -0.462 e. The SMILES string of the molecule is CCCOC(=O)c1cc(F)cc(N(C)C)c1/C=N/Nc1nc(-c2ccc(Cl)cc2)cs1. The molecule has 0 saturated carbocycles. The third-order valence-electron chi connectivity index (χ3n) is 4.26. The molecule has 0 unspecified atom stereocenters. The highest BCUT2D eigenvalue weighted by Crippen LogP contribution is 2.27. The minimum atomic E-state index is -0.592. The van der Waals surface area contributed by atoms with Crippen molar-refractivity contribution >= 4 is 45.9 Å². The first-order valence-corrected chi connectivity index (χ1v) is 10.8. The van der Waals surface area contributed by atoms with Gasteiger partial charge in [-0.2, -0.15) is 5.10 Å². The van der Waals surface area contributed by atoms with E-state index in [2.05, 4.69) is 15.5 Å². The van der Waals surface area contributed by atoms with Gasteiger partial charge in [0.1, 0.15) is 5.82 Å². The number of rotatable bonds is 8. The van der Waals surface area contributed by atoms with Crippen LogP contribution in [-0.4, -0.2) is 37.9 Å². The van der Waals surface area contributed by atoms with Crippen molar-refractivity contribution in [2.45, 2.75) is 13.3 Å². The third kappa shape index (κ3) is 5.80. The zero-order valence-corrected chi connectivity index (χ0v) is 18.9. The van der Waals surface area contributed by atoms with E-state index in [-0.39, 0.29) is 12.2 Å². The van der Waals surface area contributed by atoms with Gasteiger partial charge in [0.05, 0.1) is 24.1 Å². The van der Waals surface area contributed by atoms with Crippen LogP contribution >= 0.6 is 22.9 Å². The number of hydrazone groups is 1. The Kier molecular flexibility index (Phi) is 7.59. The number of benzene rings is 2. The van der Waals surface area contributed by atoms with Gasteiger partial charge in [-0.3, -0.25) is 5.43 Å². The number of thiazole rings is 1. The maximum absolute atomic E-state index is 14.1. The Morgan fingerprint density at radius 2 is 2.06 bits per heavy atom. The molecule has 162 valence electrons. The molecule has 6 nitrogen and oxygen atoms in total. The van der Waals surface area contributed by atoms with Gasteiger partial charge >= 0.3 is 5.97 Å². The summed E-state index contributed by atoms with van der Waals surface area (Å²) in [5.74, 6) is -1.12. The predicted molar refractivity (Wildman–Crippen MR) is 125 cm³/mol. The van der Waals surface area contributed by atoms with Gasteiger partial charge in [0.2, 0.25) is 5.13 Å². The van der Waals surface area contributed by atoms with Crippen LogP contribution in [-0.2, 0) is 4.74 Å². The first-order valence-electron chi connectivity index (χ1n) is 9.57. The average molecular weight is 461 g/mol. The van der Waals surface area contributed by atoms with Gasteiger partial charge in [-0.1, -0.05) is 30.7 Å². The lowest BCUT2D eigenvalue weighted by molar-refractivity contribution is 0.0504. The second-order valence-corrected chi connectivity index (χ2v) is 8.13. The fourth-order valence-electron chi connectivity index (χ4n) is 2.78. The molecule has 0 aliphatic carbocycles. The lowest BCUT2D eigenvalue weighted by atomic mass is 10.1. The second kappa shape index (κ2) is 10.4.